The molecule has 0 aliphatic carbocycles. The summed E-state index contributed by atoms with van der Waals surface area (Å²) in [6.45, 7) is 1.69. The fourth-order valence-corrected chi connectivity index (χ4v) is 2.47. The van der Waals surface area contributed by atoms with Gasteiger partial charge in [-0.3, -0.25) is 9.89 Å². The molecule has 118 valence electrons. The van der Waals surface area contributed by atoms with Gasteiger partial charge >= 0.3 is 0 Å². The van der Waals surface area contributed by atoms with Crippen LogP contribution in [-0.2, 0) is 7.05 Å². The number of nitrogens with one attached hydrogen (secondary N) is 1. The van der Waals surface area contributed by atoms with E-state index in [-0.39, 0.29) is 22.6 Å². The van der Waals surface area contributed by atoms with Gasteiger partial charge in [0.05, 0.1) is 17.6 Å². The third-order valence-corrected chi connectivity index (χ3v) is 3.69. The highest BCUT2D eigenvalue weighted by Crippen LogP contribution is 2.32. The second kappa shape index (κ2) is 5.31. The van der Waals surface area contributed by atoms with Gasteiger partial charge in [0.2, 0.25) is 0 Å². The third-order valence-electron chi connectivity index (χ3n) is 3.69. The zero-order chi connectivity index (χ0) is 16.7. The summed E-state index contributed by atoms with van der Waals surface area (Å²) in [5.41, 5.74) is 6.58. The fraction of sp³-hybridized carbons (Fsp3) is 0.133. The minimum atomic E-state index is -1.03. The summed E-state index contributed by atoms with van der Waals surface area (Å²) in [6, 6.07) is 2.89. The van der Waals surface area contributed by atoms with Crippen molar-refractivity contribution in [3.05, 3.63) is 47.7 Å². The number of imidazole rings is 1. The maximum absolute atomic E-state index is 14.5. The number of aryl methyl sites for hydroxylation is 1. The predicted molar refractivity (Wildman–Crippen MR) is 79.4 cm³/mol. The van der Waals surface area contributed by atoms with E-state index in [4.69, 9.17) is 5.73 Å². The largest absolute Gasteiger partial charge is 0.363 e. The molecule has 3 rings (SSSR count). The van der Waals surface area contributed by atoms with Crippen molar-refractivity contribution in [1.82, 2.24) is 19.7 Å². The molecule has 8 heteroatoms. The van der Waals surface area contributed by atoms with E-state index in [1.54, 1.807) is 6.92 Å². The number of benzene rings is 1. The van der Waals surface area contributed by atoms with Gasteiger partial charge < -0.3 is 10.3 Å². The number of hydrogen-bond acceptors (Lipinski definition) is 3. The van der Waals surface area contributed by atoms with E-state index in [2.05, 4.69) is 15.2 Å². The maximum atomic E-state index is 14.5. The lowest BCUT2D eigenvalue weighted by Gasteiger charge is -2.09. The molecule has 2 aromatic heterocycles. The number of primary amides is 1. The molecule has 0 spiro atoms. The Kier molecular flexibility index (Phi) is 3.44. The Morgan fingerprint density at radius 2 is 1.87 bits per heavy atom. The number of amides is 1. The fourth-order valence-electron chi connectivity index (χ4n) is 2.47. The summed E-state index contributed by atoms with van der Waals surface area (Å²) in [7, 11) is 1.51. The van der Waals surface area contributed by atoms with Crippen LogP contribution in [0.5, 0.6) is 0 Å². The highest BCUT2D eigenvalue weighted by molar-refractivity contribution is 5.90. The van der Waals surface area contributed by atoms with Crippen LogP contribution in [0.25, 0.3) is 22.4 Å². The smallest absolute Gasteiger partial charge is 0.284 e. The van der Waals surface area contributed by atoms with Gasteiger partial charge in [0.1, 0.15) is 0 Å². The Morgan fingerprint density at radius 3 is 2.43 bits per heavy atom. The molecule has 2 heterocycles. The molecule has 0 bridgehead atoms. The quantitative estimate of drug-likeness (QED) is 0.775. The number of H-pyrrole nitrogens is 1. The minimum Gasteiger partial charge on any atom is -0.363 e. The zero-order valence-corrected chi connectivity index (χ0v) is 12.4. The molecule has 0 saturated heterocycles. The lowest BCUT2D eigenvalue weighted by molar-refractivity contribution is 0.0987. The topological polar surface area (TPSA) is 89.6 Å². The average Bonchev–Trinajstić information content (AvgIpc) is 3.08. The number of rotatable bonds is 3. The molecule has 0 fully saturated rings. The summed E-state index contributed by atoms with van der Waals surface area (Å²) in [5, 5.41) is 6.51. The van der Waals surface area contributed by atoms with Crippen molar-refractivity contribution in [3.63, 3.8) is 0 Å². The molecule has 23 heavy (non-hydrogen) atoms. The normalized spacial score (nSPS) is 11.0. The van der Waals surface area contributed by atoms with Crippen molar-refractivity contribution < 1.29 is 13.6 Å². The molecule has 0 aliphatic rings. The summed E-state index contributed by atoms with van der Waals surface area (Å²) >= 11 is 0. The van der Waals surface area contributed by atoms with Crippen LogP contribution >= 0.6 is 0 Å². The predicted octanol–water partition coefficient (Wildman–Crippen LogP) is 2.16. The number of aromatic nitrogens is 4. The first-order valence-electron chi connectivity index (χ1n) is 6.72. The highest BCUT2D eigenvalue weighted by atomic mass is 19.2. The van der Waals surface area contributed by atoms with Crippen LogP contribution in [-0.4, -0.2) is 25.7 Å². The number of aromatic amines is 1. The number of carbonyl (C=O) groups is 1. The van der Waals surface area contributed by atoms with E-state index in [0.29, 0.717) is 11.3 Å². The summed E-state index contributed by atoms with van der Waals surface area (Å²) in [6.07, 6.45) is 2.78. The van der Waals surface area contributed by atoms with Crippen LogP contribution in [0.1, 0.15) is 16.3 Å². The highest BCUT2D eigenvalue weighted by Gasteiger charge is 2.21. The maximum Gasteiger partial charge on any atom is 0.284 e. The molecule has 6 nitrogen and oxygen atoms in total. The van der Waals surface area contributed by atoms with E-state index >= 15 is 0 Å². The standard InChI is InChI=1S/C15H13F2N5O/c1-7-10(5-20-21-7)8-3-4-9(13(17)12(8)16)11-6-19-15(14(18)23)22(11)2/h3-6H,1-2H3,(H2,18,23)(H,20,21). The summed E-state index contributed by atoms with van der Waals surface area (Å²) in [4.78, 5) is 15.1. The molecular formula is C15H13F2N5O. The molecular weight excluding hydrogens is 304 g/mol. The molecule has 0 saturated carbocycles. The van der Waals surface area contributed by atoms with Gasteiger partial charge in [0, 0.05) is 29.9 Å². The lowest BCUT2D eigenvalue weighted by Crippen LogP contribution is -2.17. The number of nitrogens with zero attached hydrogens (tertiary/aromatic N) is 3. The van der Waals surface area contributed by atoms with Crippen molar-refractivity contribution in [1.29, 1.82) is 0 Å². The van der Waals surface area contributed by atoms with E-state index in [1.165, 1.54) is 36.1 Å². The van der Waals surface area contributed by atoms with E-state index in [9.17, 15) is 13.6 Å². The second-order valence-corrected chi connectivity index (χ2v) is 5.06. The van der Waals surface area contributed by atoms with Crippen molar-refractivity contribution in [2.45, 2.75) is 6.92 Å². The Hall–Kier alpha value is -3.03. The molecule has 0 atom stereocenters. The van der Waals surface area contributed by atoms with E-state index in [1.807, 2.05) is 0 Å². The number of halogens is 2. The van der Waals surface area contributed by atoms with Crippen molar-refractivity contribution in [2.24, 2.45) is 12.8 Å². The van der Waals surface area contributed by atoms with E-state index < -0.39 is 17.5 Å². The van der Waals surface area contributed by atoms with E-state index in [0.717, 1.165) is 0 Å². The van der Waals surface area contributed by atoms with Crippen molar-refractivity contribution in [3.8, 4) is 22.4 Å². The molecule has 0 aliphatic heterocycles. The molecule has 1 amide bonds. The van der Waals surface area contributed by atoms with Crippen LogP contribution in [0.15, 0.2) is 24.5 Å². The first-order chi connectivity index (χ1) is 10.9. The number of hydrogen-bond donors (Lipinski definition) is 2. The van der Waals surface area contributed by atoms with Gasteiger partial charge in [-0.2, -0.15) is 5.10 Å². The van der Waals surface area contributed by atoms with Crippen molar-refractivity contribution in [2.75, 3.05) is 0 Å². The van der Waals surface area contributed by atoms with Gasteiger partial charge in [-0.15, -0.1) is 0 Å². The molecule has 1 aromatic carbocycles. The van der Waals surface area contributed by atoms with Crippen LogP contribution in [0.3, 0.4) is 0 Å². The first-order valence-corrected chi connectivity index (χ1v) is 6.72. The first kappa shape index (κ1) is 14.9. The number of nitrogens with two attached hydrogens (primary N) is 1. The average molecular weight is 317 g/mol. The SMILES string of the molecule is Cc1n[nH]cc1-c1ccc(-c2cnc(C(N)=O)n2C)c(F)c1F. The molecule has 0 unspecified atom stereocenters. The monoisotopic (exact) mass is 317 g/mol. The van der Waals surface area contributed by atoms with Gasteiger partial charge in [-0.05, 0) is 13.0 Å². The van der Waals surface area contributed by atoms with Gasteiger partial charge in [-0.25, -0.2) is 13.8 Å². The van der Waals surface area contributed by atoms with Crippen LogP contribution in [0.4, 0.5) is 8.78 Å². The Labute approximate surface area is 130 Å². The Morgan fingerprint density at radius 1 is 1.22 bits per heavy atom. The molecule has 0 radical (unpaired) electrons. The number of carbonyl (C=O) groups excluding carboxylic acids is 1. The molecule has 3 aromatic rings. The Balaban J connectivity index is 2.15. The minimum absolute atomic E-state index is 0.00472. The van der Waals surface area contributed by atoms with Crippen molar-refractivity contribution >= 4 is 5.91 Å². The van der Waals surface area contributed by atoms with Crippen LogP contribution < -0.4 is 5.73 Å². The van der Waals surface area contributed by atoms with Gasteiger partial charge in [0.25, 0.3) is 5.91 Å². The van der Waals surface area contributed by atoms with Gasteiger partial charge in [-0.1, -0.05) is 6.07 Å². The summed E-state index contributed by atoms with van der Waals surface area (Å²) in [5.74, 6) is -2.80. The Bertz CT molecular complexity index is 913. The van der Waals surface area contributed by atoms with Crippen LogP contribution in [0.2, 0.25) is 0 Å². The second-order valence-electron chi connectivity index (χ2n) is 5.06. The van der Waals surface area contributed by atoms with Gasteiger partial charge in [0.15, 0.2) is 17.5 Å². The lowest BCUT2D eigenvalue weighted by atomic mass is 10.0. The third kappa shape index (κ3) is 2.28. The zero-order valence-electron chi connectivity index (χ0n) is 12.4. The summed E-state index contributed by atoms with van der Waals surface area (Å²) < 4.78 is 30.3. The molecule has 3 N–H and O–H groups in total. The van der Waals surface area contributed by atoms with Crippen LogP contribution in [0, 0.1) is 18.6 Å².